The summed E-state index contributed by atoms with van der Waals surface area (Å²) in [4.78, 5) is 2.42. The Bertz CT molecular complexity index is 414. The molecule has 0 atom stereocenters. The van der Waals surface area contributed by atoms with E-state index in [1.807, 2.05) is 0 Å². The molecular formula is C13H18ClNS2. The van der Waals surface area contributed by atoms with Crippen LogP contribution in [0.1, 0.15) is 31.2 Å². The average molecular weight is 288 g/mol. The zero-order valence-electron chi connectivity index (χ0n) is 10.3. The molecule has 17 heavy (non-hydrogen) atoms. The predicted octanol–water partition coefficient (Wildman–Crippen LogP) is 4.51. The summed E-state index contributed by atoms with van der Waals surface area (Å²) < 4.78 is 0. The zero-order valence-corrected chi connectivity index (χ0v) is 12.6. The molecule has 0 unspecified atom stereocenters. The van der Waals surface area contributed by atoms with E-state index in [1.54, 1.807) is 23.5 Å². The molecule has 0 aromatic heterocycles. The molecular weight excluding hydrogens is 270 g/mol. The van der Waals surface area contributed by atoms with Crippen molar-refractivity contribution >= 4 is 35.1 Å². The second-order valence-electron chi connectivity index (χ2n) is 4.56. The number of nitrogens with two attached hydrogens (primary N) is 1. The van der Waals surface area contributed by atoms with Gasteiger partial charge in [0.05, 0.1) is 5.02 Å². The van der Waals surface area contributed by atoms with Crippen LogP contribution in [0.25, 0.3) is 0 Å². The van der Waals surface area contributed by atoms with Gasteiger partial charge in [0.25, 0.3) is 0 Å². The molecule has 1 fully saturated rings. The van der Waals surface area contributed by atoms with Crippen molar-refractivity contribution in [3.63, 3.8) is 0 Å². The third-order valence-electron chi connectivity index (χ3n) is 3.50. The minimum absolute atomic E-state index is 0.148. The lowest BCUT2D eigenvalue weighted by molar-refractivity contribution is 0.460. The van der Waals surface area contributed by atoms with Crippen LogP contribution in [0, 0.1) is 0 Å². The molecule has 4 heteroatoms. The highest BCUT2D eigenvalue weighted by Gasteiger charge is 2.32. The number of halogens is 1. The van der Waals surface area contributed by atoms with Crippen LogP contribution in [-0.4, -0.2) is 12.5 Å². The molecule has 1 aromatic carbocycles. The van der Waals surface area contributed by atoms with E-state index in [9.17, 15) is 0 Å². The van der Waals surface area contributed by atoms with E-state index >= 15 is 0 Å². The normalized spacial score (nSPS) is 18.6. The van der Waals surface area contributed by atoms with Crippen LogP contribution < -0.4 is 5.73 Å². The largest absolute Gasteiger partial charge is 0.321 e. The van der Waals surface area contributed by atoms with Gasteiger partial charge in [-0.3, -0.25) is 0 Å². The summed E-state index contributed by atoms with van der Waals surface area (Å²) in [6.07, 6.45) is 8.77. The molecule has 0 spiro atoms. The van der Waals surface area contributed by atoms with Crippen molar-refractivity contribution in [2.24, 2.45) is 5.73 Å². The number of hydrogen-bond donors (Lipinski definition) is 1. The summed E-state index contributed by atoms with van der Waals surface area (Å²) in [5.74, 6) is 0. The second kappa shape index (κ2) is 5.43. The third kappa shape index (κ3) is 2.62. The number of rotatable bonds is 3. The number of thioether (sulfide) groups is 2. The first kappa shape index (κ1) is 13.6. The zero-order chi connectivity index (χ0) is 12.5. The van der Waals surface area contributed by atoms with Gasteiger partial charge in [-0.1, -0.05) is 24.4 Å². The van der Waals surface area contributed by atoms with Gasteiger partial charge >= 0.3 is 0 Å². The molecule has 94 valence electrons. The third-order valence-corrected chi connectivity index (χ3v) is 5.65. The van der Waals surface area contributed by atoms with Crippen LogP contribution in [0.2, 0.25) is 5.02 Å². The molecule has 0 bridgehead atoms. The lowest BCUT2D eigenvalue weighted by Crippen LogP contribution is -2.33. The van der Waals surface area contributed by atoms with Crippen molar-refractivity contribution in [3.05, 3.63) is 22.7 Å². The molecule has 1 nitrogen and oxygen atoms in total. The van der Waals surface area contributed by atoms with E-state index in [0.29, 0.717) is 0 Å². The van der Waals surface area contributed by atoms with Gasteiger partial charge in [-0.2, -0.15) is 0 Å². The first-order valence-corrected chi connectivity index (χ1v) is 8.64. The lowest BCUT2D eigenvalue weighted by atomic mass is 9.89. The Morgan fingerprint density at radius 3 is 2.35 bits per heavy atom. The fourth-order valence-corrected chi connectivity index (χ4v) is 4.56. The Morgan fingerprint density at radius 2 is 1.82 bits per heavy atom. The maximum Gasteiger partial charge on any atom is 0.0556 e. The summed E-state index contributed by atoms with van der Waals surface area (Å²) in [5.41, 5.74) is 7.55. The quantitative estimate of drug-likeness (QED) is 0.828. The van der Waals surface area contributed by atoms with Crippen LogP contribution in [0.5, 0.6) is 0 Å². The summed E-state index contributed by atoms with van der Waals surface area (Å²) in [6.45, 7) is 0. The molecule has 0 radical (unpaired) electrons. The number of benzene rings is 1. The number of hydrogen-bond acceptors (Lipinski definition) is 3. The van der Waals surface area contributed by atoms with Gasteiger partial charge in [-0.05, 0) is 43.0 Å². The van der Waals surface area contributed by atoms with Crippen molar-refractivity contribution < 1.29 is 0 Å². The standard InChI is InChI=1S/C13H18ClNS2/c1-16-11-8-9(7-10(14)12(11)17-2)13(15)5-3-4-6-13/h7-8H,3-6,15H2,1-2H3. The Morgan fingerprint density at radius 1 is 1.18 bits per heavy atom. The molecule has 0 amide bonds. The Kier molecular flexibility index (Phi) is 4.35. The van der Waals surface area contributed by atoms with Crippen molar-refractivity contribution in [2.75, 3.05) is 12.5 Å². The fourth-order valence-electron chi connectivity index (χ4n) is 2.50. The van der Waals surface area contributed by atoms with Crippen molar-refractivity contribution in [1.82, 2.24) is 0 Å². The van der Waals surface area contributed by atoms with Gasteiger partial charge in [-0.25, -0.2) is 0 Å². The SMILES string of the molecule is CSc1cc(C2(N)CCCC2)cc(Cl)c1SC. The van der Waals surface area contributed by atoms with Crippen molar-refractivity contribution in [3.8, 4) is 0 Å². The van der Waals surface area contributed by atoms with E-state index in [-0.39, 0.29) is 5.54 Å². The van der Waals surface area contributed by atoms with E-state index < -0.39 is 0 Å². The van der Waals surface area contributed by atoms with Crippen LogP contribution in [0.3, 0.4) is 0 Å². The molecule has 1 aliphatic carbocycles. The van der Waals surface area contributed by atoms with Crippen LogP contribution >= 0.6 is 35.1 Å². The molecule has 2 N–H and O–H groups in total. The van der Waals surface area contributed by atoms with E-state index in [4.69, 9.17) is 17.3 Å². The molecule has 2 rings (SSSR count). The predicted molar refractivity (Wildman–Crippen MR) is 79.3 cm³/mol. The smallest absolute Gasteiger partial charge is 0.0556 e. The molecule has 0 aliphatic heterocycles. The van der Waals surface area contributed by atoms with Gasteiger partial charge in [-0.15, -0.1) is 23.5 Å². The Hall–Kier alpha value is 0.170. The maximum atomic E-state index is 6.49. The Balaban J connectivity index is 2.46. The summed E-state index contributed by atoms with van der Waals surface area (Å²) in [7, 11) is 0. The van der Waals surface area contributed by atoms with E-state index in [1.165, 1.54) is 28.2 Å². The van der Waals surface area contributed by atoms with Crippen molar-refractivity contribution in [2.45, 2.75) is 41.0 Å². The highest BCUT2D eigenvalue weighted by Crippen LogP contribution is 2.42. The molecule has 1 saturated carbocycles. The van der Waals surface area contributed by atoms with Crippen LogP contribution in [0.4, 0.5) is 0 Å². The minimum atomic E-state index is -0.148. The van der Waals surface area contributed by atoms with E-state index in [2.05, 4.69) is 24.6 Å². The highest BCUT2D eigenvalue weighted by atomic mass is 35.5. The maximum absolute atomic E-state index is 6.49. The van der Waals surface area contributed by atoms with Gasteiger partial charge in [0.15, 0.2) is 0 Å². The first-order valence-electron chi connectivity index (χ1n) is 5.81. The topological polar surface area (TPSA) is 26.0 Å². The lowest BCUT2D eigenvalue weighted by Gasteiger charge is -2.25. The summed E-state index contributed by atoms with van der Waals surface area (Å²) >= 11 is 9.81. The molecule has 0 saturated heterocycles. The fraction of sp³-hybridized carbons (Fsp3) is 0.538. The Labute approximate surface area is 117 Å². The van der Waals surface area contributed by atoms with Crippen molar-refractivity contribution in [1.29, 1.82) is 0 Å². The highest BCUT2D eigenvalue weighted by molar-refractivity contribution is 8.01. The first-order chi connectivity index (χ1) is 8.10. The van der Waals surface area contributed by atoms with Gasteiger partial charge in [0.1, 0.15) is 0 Å². The molecule has 1 aromatic rings. The van der Waals surface area contributed by atoms with E-state index in [0.717, 1.165) is 17.9 Å². The van der Waals surface area contributed by atoms with Crippen LogP contribution in [-0.2, 0) is 5.54 Å². The summed E-state index contributed by atoms with van der Waals surface area (Å²) in [5, 5.41) is 0.844. The monoisotopic (exact) mass is 287 g/mol. The van der Waals surface area contributed by atoms with Gasteiger partial charge in [0, 0.05) is 15.3 Å². The summed E-state index contributed by atoms with van der Waals surface area (Å²) in [6, 6.07) is 4.30. The van der Waals surface area contributed by atoms with Gasteiger partial charge < -0.3 is 5.73 Å². The minimum Gasteiger partial charge on any atom is -0.321 e. The average Bonchev–Trinajstić information content (AvgIpc) is 2.76. The molecule has 0 heterocycles. The second-order valence-corrected chi connectivity index (χ2v) is 6.63. The molecule has 1 aliphatic rings. The van der Waals surface area contributed by atoms with Crippen LogP contribution in [0.15, 0.2) is 21.9 Å². The van der Waals surface area contributed by atoms with Gasteiger partial charge in [0.2, 0.25) is 0 Å².